The second kappa shape index (κ2) is 11.3. The molecule has 0 spiro atoms. The highest BCUT2D eigenvalue weighted by Gasteiger charge is 2.56. The van der Waals surface area contributed by atoms with Crippen LogP contribution >= 0.6 is 0 Å². The summed E-state index contributed by atoms with van der Waals surface area (Å²) in [6, 6.07) is 30.6. The Bertz CT molecular complexity index is 1230. The van der Waals surface area contributed by atoms with Gasteiger partial charge in [0.2, 0.25) is 0 Å². The van der Waals surface area contributed by atoms with E-state index >= 15 is 0 Å². The minimum Gasteiger partial charge on any atom is -0.407 e. The van der Waals surface area contributed by atoms with Gasteiger partial charge in [0.15, 0.2) is 5.78 Å². The van der Waals surface area contributed by atoms with Gasteiger partial charge in [-0.1, -0.05) is 124 Å². The number of fused-ring (bicyclic) bond motifs is 1. The number of carbonyl (C=O) groups is 1. The zero-order valence-electron chi connectivity index (χ0n) is 23.3. The maximum absolute atomic E-state index is 13.6. The van der Waals surface area contributed by atoms with E-state index in [-0.39, 0.29) is 22.7 Å². The Morgan fingerprint density at radius 1 is 0.949 bits per heavy atom. The number of aliphatic hydroxyl groups is 1. The number of rotatable bonds is 9. The van der Waals surface area contributed by atoms with Crippen LogP contribution in [-0.4, -0.2) is 44.6 Å². The van der Waals surface area contributed by atoms with Crippen LogP contribution in [0.4, 0.5) is 0 Å². The molecule has 0 amide bonds. The van der Waals surface area contributed by atoms with Crippen LogP contribution in [0.25, 0.3) is 0 Å². The molecule has 1 saturated heterocycles. The van der Waals surface area contributed by atoms with Gasteiger partial charge in [0.25, 0.3) is 8.32 Å². The average molecular weight is 541 g/mol. The first-order valence-corrected chi connectivity index (χ1v) is 16.0. The number of ether oxygens (including phenoxy) is 1. The average Bonchev–Trinajstić information content (AvgIpc) is 3.49. The molecular formula is C34H40O4Si. The lowest BCUT2D eigenvalue weighted by atomic mass is 9.79. The SMILES string of the molecule is CC(C)(C)[Si](OCC/C=C/[C@]1(O)C[C@@H]2COC[C@@H]2[C@H]1C(=O)c1ccccc1)(c1ccccc1)c1ccccc1. The summed E-state index contributed by atoms with van der Waals surface area (Å²) in [5.41, 5.74) is -0.527. The fraction of sp³-hybridized carbons (Fsp3) is 0.382. The minimum atomic E-state index is -2.61. The molecule has 0 radical (unpaired) electrons. The van der Waals surface area contributed by atoms with Crippen LogP contribution in [0.2, 0.25) is 5.04 Å². The molecule has 1 N–H and O–H groups in total. The lowest BCUT2D eigenvalue weighted by Gasteiger charge is -2.43. The van der Waals surface area contributed by atoms with Crippen molar-refractivity contribution in [2.24, 2.45) is 17.8 Å². The van der Waals surface area contributed by atoms with Crippen molar-refractivity contribution in [1.82, 2.24) is 0 Å². The molecule has 0 bridgehead atoms. The van der Waals surface area contributed by atoms with E-state index in [1.165, 1.54) is 10.4 Å². The first-order valence-electron chi connectivity index (χ1n) is 14.1. The predicted octanol–water partition coefficient (Wildman–Crippen LogP) is 5.41. The summed E-state index contributed by atoms with van der Waals surface area (Å²) in [6.45, 7) is 8.50. The number of Topliss-reactive ketones (excluding diaryl/α,β-unsaturated/α-hetero) is 1. The summed E-state index contributed by atoms with van der Waals surface area (Å²) < 4.78 is 12.7. The van der Waals surface area contributed by atoms with Gasteiger partial charge in [-0.15, -0.1) is 0 Å². The summed E-state index contributed by atoms with van der Waals surface area (Å²) in [6.07, 6.45) is 5.11. The highest BCUT2D eigenvalue weighted by atomic mass is 28.4. The van der Waals surface area contributed by atoms with Crippen LogP contribution in [0.3, 0.4) is 0 Å². The van der Waals surface area contributed by atoms with Crippen LogP contribution in [0.1, 0.15) is 44.0 Å². The Labute approximate surface area is 233 Å². The third kappa shape index (κ3) is 5.33. The predicted molar refractivity (Wildman–Crippen MR) is 159 cm³/mol. The Balaban J connectivity index is 1.37. The Kier molecular flexibility index (Phi) is 8.06. The molecule has 4 nitrogen and oxygen atoms in total. The zero-order valence-corrected chi connectivity index (χ0v) is 24.3. The number of ketones is 1. The van der Waals surface area contributed by atoms with Gasteiger partial charge in [0.05, 0.1) is 18.1 Å². The fourth-order valence-corrected chi connectivity index (χ4v) is 11.4. The highest BCUT2D eigenvalue weighted by molar-refractivity contribution is 6.99. The van der Waals surface area contributed by atoms with Gasteiger partial charge >= 0.3 is 0 Å². The summed E-state index contributed by atoms with van der Waals surface area (Å²) in [7, 11) is -2.61. The van der Waals surface area contributed by atoms with Crippen molar-refractivity contribution in [3.63, 3.8) is 0 Å². The van der Waals surface area contributed by atoms with Crippen molar-refractivity contribution in [1.29, 1.82) is 0 Å². The number of carbonyl (C=O) groups excluding carboxylic acids is 1. The maximum Gasteiger partial charge on any atom is 0.261 e. The van der Waals surface area contributed by atoms with Crippen LogP contribution in [0.15, 0.2) is 103 Å². The van der Waals surface area contributed by atoms with E-state index in [0.29, 0.717) is 38.2 Å². The monoisotopic (exact) mass is 540 g/mol. The van der Waals surface area contributed by atoms with E-state index < -0.39 is 19.8 Å². The first-order chi connectivity index (χ1) is 18.8. The van der Waals surface area contributed by atoms with E-state index in [4.69, 9.17) is 9.16 Å². The molecule has 2 fully saturated rings. The van der Waals surface area contributed by atoms with E-state index in [1.807, 2.05) is 42.5 Å². The summed E-state index contributed by atoms with van der Waals surface area (Å²) in [5, 5.41) is 14.3. The Hall–Kier alpha value is -2.83. The van der Waals surface area contributed by atoms with Gasteiger partial charge < -0.3 is 14.3 Å². The summed E-state index contributed by atoms with van der Waals surface area (Å²) in [5.74, 6) is -0.253. The van der Waals surface area contributed by atoms with Gasteiger partial charge in [0.1, 0.15) is 0 Å². The molecule has 2 aliphatic rings. The molecule has 39 heavy (non-hydrogen) atoms. The molecule has 3 aromatic rings. The van der Waals surface area contributed by atoms with E-state index in [1.54, 1.807) is 0 Å². The fourth-order valence-electron chi connectivity index (χ4n) is 6.82. The van der Waals surface area contributed by atoms with Crippen molar-refractivity contribution in [3.8, 4) is 0 Å². The molecule has 4 atom stereocenters. The molecule has 1 aliphatic heterocycles. The number of benzene rings is 3. The standard InChI is InChI=1S/C34H40O4Si/c1-33(2,3)39(28-17-9-5-10-18-28,29-19-11-6-12-20-29)38-22-14-13-21-34(36)23-27-24-37-25-30(27)31(34)32(35)26-15-7-4-8-16-26/h4-13,15-21,27,30-31,36H,14,22-25H2,1-3H3/b21-13+/t27-,30+,31+,34+/m1/s1. The molecule has 0 unspecified atom stereocenters. The van der Waals surface area contributed by atoms with Gasteiger partial charge in [0, 0.05) is 24.7 Å². The molecule has 5 rings (SSSR count). The number of hydrogen-bond acceptors (Lipinski definition) is 4. The third-order valence-electron chi connectivity index (χ3n) is 8.57. The van der Waals surface area contributed by atoms with Gasteiger partial charge in [-0.3, -0.25) is 4.79 Å². The molecular weight excluding hydrogens is 500 g/mol. The smallest absolute Gasteiger partial charge is 0.261 e. The molecule has 3 aromatic carbocycles. The van der Waals surface area contributed by atoms with Gasteiger partial charge in [-0.25, -0.2) is 0 Å². The first kappa shape index (κ1) is 27.7. The summed E-state index contributed by atoms with van der Waals surface area (Å²) >= 11 is 0. The topological polar surface area (TPSA) is 55.8 Å². The van der Waals surface area contributed by atoms with Crippen molar-refractivity contribution in [2.45, 2.75) is 44.3 Å². The molecule has 1 aliphatic carbocycles. The molecule has 204 valence electrons. The normalized spacial score (nSPS) is 25.2. The van der Waals surface area contributed by atoms with Crippen LogP contribution in [0.5, 0.6) is 0 Å². The zero-order chi connectivity index (χ0) is 27.5. The van der Waals surface area contributed by atoms with Crippen molar-refractivity contribution >= 4 is 24.5 Å². The van der Waals surface area contributed by atoms with Crippen molar-refractivity contribution in [2.75, 3.05) is 19.8 Å². The van der Waals surface area contributed by atoms with E-state index in [2.05, 4.69) is 81.4 Å². The molecule has 1 heterocycles. The molecule has 5 heteroatoms. The van der Waals surface area contributed by atoms with E-state index in [9.17, 15) is 9.90 Å². The van der Waals surface area contributed by atoms with Crippen LogP contribution in [-0.2, 0) is 9.16 Å². The highest BCUT2D eigenvalue weighted by Crippen LogP contribution is 2.49. The number of hydrogen-bond donors (Lipinski definition) is 1. The van der Waals surface area contributed by atoms with Crippen molar-refractivity contribution < 1.29 is 19.1 Å². The quantitative estimate of drug-likeness (QED) is 0.171. The molecule has 0 aromatic heterocycles. The second-order valence-electron chi connectivity index (χ2n) is 12.1. The van der Waals surface area contributed by atoms with E-state index in [0.717, 1.165) is 0 Å². The lowest BCUT2D eigenvalue weighted by molar-refractivity contribution is 0.0216. The summed E-state index contributed by atoms with van der Waals surface area (Å²) in [4.78, 5) is 13.6. The Morgan fingerprint density at radius 2 is 1.51 bits per heavy atom. The molecule has 1 saturated carbocycles. The Morgan fingerprint density at radius 3 is 2.08 bits per heavy atom. The van der Waals surface area contributed by atoms with Crippen LogP contribution < -0.4 is 10.4 Å². The van der Waals surface area contributed by atoms with Crippen LogP contribution in [0, 0.1) is 17.8 Å². The minimum absolute atomic E-state index is 0.00399. The van der Waals surface area contributed by atoms with Gasteiger partial charge in [-0.05, 0) is 34.2 Å². The van der Waals surface area contributed by atoms with Crippen molar-refractivity contribution in [3.05, 3.63) is 109 Å². The largest absolute Gasteiger partial charge is 0.407 e. The third-order valence-corrected chi connectivity index (χ3v) is 13.6. The second-order valence-corrected chi connectivity index (χ2v) is 16.4. The lowest BCUT2D eigenvalue weighted by Crippen LogP contribution is -2.66. The maximum atomic E-state index is 13.6. The van der Waals surface area contributed by atoms with Gasteiger partial charge in [-0.2, -0.15) is 0 Å².